The van der Waals surface area contributed by atoms with Crippen molar-refractivity contribution in [1.29, 1.82) is 0 Å². The van der Waals surface area contributed by atoms with Gasteiger partial charge in [-0.25, -0.2) is 4.79 Å². The molecule has 3 nitrogen and oxygen atoms in total. The quantitative estimate of drug-likeness (QED) is 0.316. The van der Waals surface area contributed by atoms with E-state index in [1.165, 1.54) is 44.6 Å². The molecule has 0 aliphatic heterocycles. The van der Waals surface area contributed by atoms with Crippen molar-refractivity contribution in [2.24, 2.45) is 0 Å². The zero-order chi connectivity index (χ0) is 16.3. The molecule has 3 heteroatoms. The van der Waals surface area contributed by atoms with Crippen molar-refractivity contribution in [3.05, 3.63) is 36.6 Å². The van der Waals surface area contributed by atoms with Crippen molar-refractivity contribution in [2.75, 3.05) is 0 Å². The van der Waals surface area contributed by atoms with Gasteiger partial charge in [0.1, 0.15) is 11.4 Å². The monoisotopic (exact) mass is 306 g/mol. The van der Waals surface area contributed by atoms with E-state index in [-0.39, 0.29) is 5.76 Å². The molecule has 22 heavy (non-hydrogen) atoms. The van der Waals surface area contributed by atoms with E-state index < -0.39 is 11.6 Å². The first kappa shape index (κ1) is 18.5. The summed E-state index contributed by atoms with van der Waals surface area (Å²) in [6.45, 7) is 5.68. The third-order valence-electron chi connectivity index (χ3n) is 4.14. The van der Waals surface area contributed by atoms with Gasteiger partial charge in [-0.3, -0.25) is 0 Å². The summed E-state index contributed by atoms with van der Waals surface area (Å²) in [7, 11) is 0. The van der Waals surface area contributed by atoms with Crippen LogP contribution in [0.5, 0.6) is 0 Å². The second-order valence-corrected chi connectivity index (χ2v) is 6.08. The van der Waals surface area contributed by atoms with Gasteiger partial charge in [0, 0.05) is 12.5 Å². The van der Waals surface area contributed by atoms with Gasteiger partial charge in [0.2, 0.25) is 0 Å². The summed E-state index contributed by atoms with van der Waals surface area (Å²) in [6, 6.07) is 0. The minimum absolute atomic E-state index is 0.237. The molecule has 0 radical (unpaired) electrons. The lowest BCUT2D eigenvalue weighted by atomic mass is 9.88. The lowest BCUT2D eigenvalue weighted by Crippen LogP contribution is -2.33. The van der Waals surface area contributed by atoms with Gasteiger partial charge in [-0.05, 0) is 31.1 Å². The van der Waals surface area contributed by atoms with Crippen LogP contribution in [-0.2, 0) is 9.53 Å². The molecule has 0 heterocycles. The SMILES string of the molecule is C=CC(=O)OC1(CCCCCCCCCC)C=CC(O)=CC1. The summed E-state index contributed by atoms with van der Waals surface area (Å²) in [5.74, 6) is -0.166. The zero-order valence-electron chi connectivity index (χ0n) is 13.9. The smallest absolute Gasteiger partial charge is 0.331 e. The Bertz CT molecular complexity index is 409. The summed E-state index contributed by atoms with van der Waals surface area (Å²) in [4.78, 5) is 11.5. The number of carbonyl (C=O) groups is 1. The number of allylic oxidation sites excluding steroid dienone is 1. The Morgan fingerprint density at radius 3 is 2.45 bits per heavy atom. The number of unbranched alkanes of at least 4 members (excludes halogenated alkanes) is 7. The Labute approximate surface area is 134 Å². The van der Waals surface area contributed by atoms with Gasteiger partial charge in [0.25, 0.3) is 0 Å². The fraction of sp³-hybridized carbons (Fsp3) is 0.632. The van der Waals surface area contributed by atoms with Crippen LogP contribution in [0, 0.1) is 0 Å². The minimum Gasteiger partial charge on any atom is -0.508 e. The molecule has 0 aromatic carbocycles. The molecule has 1 unspecified atom stereocenters. The summed E-state index contributed by atoms with van der Waals surface area (Å²) >= 11 is 0. The van der Waals surface area contributed by atoms with Crippen molar-refractivity contribution in [2.45, 2.75) is 76.7 Å². The third-order valence-corrected chi connectivity index (χ3v) is 4.14. The first-order valence-corrected chi connectivity index (χ1v) is 8.55. The Hall–Kier alpha value is -1.51. The van der Waals surface area contributed by atoms with Crippen LogP contribution in [0.1, 0.15) is 71.1 Å². The minimum atomic E-state index is -0.611. The van der Waals surface area contributed by atoms with Crippen LogP contribution in [0.25, 0.3) is 0 Å². The molecule has 0 aromatic heterocycles. The van der Waals surface area contributed by atoms with E-state index in [2.05, 4.69) is 13.5 Å². The van der Waals surface area contributed by atoms with Gasteiger partial charge in [-0.1, -0.05) is 58.4 Å². The fourth-order valence-corrected chi connectivity index (χ4v) is 2.76. The van der Waals surface area contributed by atoms with Crippen molar-refractivity contribution >= 4 is 5.97 Å². The number of aliphatic hydroxyl groups is 1. The highest BCUT2D eigenvalue weighted by molar-refractivity contribution is 5.81. The molecule has 1 aliphatic carbocycles. The molecule has 0 bridgehead atoms. The molecule has 0 fully saturated rings. The van der Waals surface area contributed by atoms with Crippen LogP contribution in [0.4, 0.5) is 0 Å². The van der Waals surface area contributed by atoms with E-state index in [4.69, 9.17) is 4.74 Å². The average Bonchev–Trinajstić information content (AvgIpc) is 2.53. The van der Waals surface area contributed by atoms with Gasteiger partial charge in [-0.2, -0.15) is 0 Å². The molecular formula is C19H30O3. The molecule has 0 aromatic rings. The molecule has 0 saturated heterocycles. The van der Waals surface area contributed by atoms with Gasteiger partial charge < -0.3 is 9.84 Å². The number of hydrogen-bond donors (Lipinski definition) is 1. The van der Waals surface area contributed by atoms with Gasteiger partial charge in [-0.15, -0.1) is 0 Å². The van der Waals surface area contributed by atoms with Gasteiger partial charge in [0.05, 0.1) is 0 Å². The Morgan fingerprint density at radius 1 is 1.27 bits per heavy atom. The van der Waals surface area contributed by atoms with Crippen molar-refractivity contribution in [3.8, 4) is 0 Å². The molecule has 0 amide bonds. The number of aliphatic hydroxyl groups excluding tert-OH is 1. The number of esters is 1. The topological polar surface area (TPSA) is 46.5 Å². The standard InChI is InChI=1S/C19H30O3/c1-3-5-6-7-8-9-10-11-14-19(22-18(21)4-2)15-12-17(20)13-16-19/h4,12-13,15,20H,2-3,5-11,14,16H2,1H3. The lowest BCUT2D eigenvalue weighted by Gasteiger charge is -2.31. The maximum absolute atomic E-state index is 11.5. The maximum Gasteiger partial charge on any atom is 0.331 e. The van der Waals surface area contributed by atoms with E-state index in [1.54, 1.807) is 12.2 Å². The highest BCUT2D eigenvalue weighted by Gasteiger charge is 2.31. The largest absolute Gasteiger partial charge is 0.508 e. The first-order chi connectivity index (χ1) is 10.6. The van der Waals surface area contributed by atoms with Crippen LogP contribution in [-0.4, -0.2) is 16.7 Å². The number of hydrogen-bond acceptors (Lipinski definition) is 3. The van der Waals surface area contributed by atoms with Crippen LogP contribution in [0.3, 0.4) is 0 Å². The Balaban J connectivity index is 2.32. The average molecular weight is 306 g/mol. The molecule has 124 valence electrons. The predicted octanol–water partition coefficient (Wildman–Crippen LogP) is 5.39. The van der Waals surface area contributed by atoms with Crippen LogP contribution < -0.4 is 0 Å². The van der Waals surface area contributed by atoms with Crippen LogP contribution in [0.15, 0.2) is 36.6 Å². The summed E-state index contributed by atoms with van der Waals surface area (Å²) in [5.41, 5.74) is -0.611. The summed E-state index contributed by atoms with van der Waals surface area (Å²) in [5, 5.41) is 9.46. The van der Waals surface area contributed by atoms with Crippen molar-refractivity contribution in [1.82, 2.24) is 0 Å². The van der Waals surface area contributed by atoms with E-state index in [0.29, 0.717) is 6.42 Å². The fourth-order valence-electron chi connectivity index (χ4n) is 2.76. The molecule has 0 saturated carbocycles. The maximum atomic E-state index is 11.5. The van der Waals surface area contributed by atoms with E-state index in [9.17, 15) is 9.90 Å². The predicted molar refractivity (Wildman–Crippen MR) is 90.7 cm³/mol. The molecule has 1 N–H and O–H groups in total. The zero-order valence-corrected chi connectivity index (χ0v) is 13.9. The van der Waals surface area contributed by atoms with Crippen LogP contribution in [0.2, 0.25) is 0 Å². The van der Waals surface area contributed by atoms with Gasteiger partial charge in [0.15, 0.2) is 0 Å². The van der Waals surface area contributed by atoms with Crippen LogP contribution >= 0.6 is 0 Å². The summed E-state index contributed by atoms with van der Waals surface area (Å²) in [6.07, 6.45) is 17.6. The van der Waals surface area contributed by atoms with E-state index >= 15 is 0 Å². The molecule has 0 spiro atoms. The normalized spacial score (nSPS) is 20.5. The van der Waals surface area contributed by atoms with Crippen molar-refractivity contribution in [3.63, 3.8) is 0 Å². The molecule has 1 aliphatic rings. The second-order valence-electron chi connectivity index (χ2n) is 6.08. The first-order valence-electron chi connectivity index (χ1n) is 8.55. The van der Waals surface area contributed by atoms with E-state index in [0.717, 1.165) is 19.3 Å². The van der Waals surface area contributed by atoms with Gasteiger partial charge >= 0.3 is 5.97 Å². The van der Waals surface area contributed by atoms with Crippen molar-refractivity contribution < 1.29 is 14.6 Å². The Morgan fingerprint density at radius 2 is 1.91 bits per heavy atom. The highest BCUT2D eigenvalue weighted by Crippen LogP contribution is 2.30. The number of carbonyl (C=O) groups excluding carboxylic acids is 1. The number of ether oxygens (including phenoxy) is 1. The third kappa shape index (κ3) is 6.97. The second kappa shape index (κ2) is 10.3. The molecular weight excluding hydrogens is 276 g/mol. The summed E-state index contributed by atoms with van der Waals surface area (Å²) < 4.78 is 5.54. The highest BCUT2D eigenvalue weighted by atomic mass is 16.6. The number of rotatable bonds is 11. The van der Waals surface area contributed by atoms with E-state index in [1.807, 2.05) is 6.08 Å². The molecule has 1 rings (SSSR count). The molecule has 1 atom stereocenters. The lowest BCUT2D eigenvalue weighted by molar-refractivity contribution is -0.149. The Kier molecular flexibility index (Phi) is 8.64.